The number of nitrogens with zero attached hydrogens (tertiary/aromatic N) is 1. The summed E-state index contributed by atoms with van der Waals surface area (Å²) in [6.07, 6.45) is 3.54. The number of alkyl halides is 1. The van der Waals surface area contributed by atoms with Crippen LogP contribution in [0.3, 0.4) is 0 Å². The number of carbonyl (C=O) groups is 1. The molecule has 31 heavy (non-hydrogen) atoms. The largest absolute Gasteiger partial charge is 0.478 e. The highest BCUT2D eigenvalue weighted by Crippen LogP contribution is 2.45. The minimum Gasteiger partial charge on any atom is -0.478 e. The van der Waals surface area contributed by atoms with Crippen molar-refractivity contribution >= 4 is 22.9 Å². The van der Waals surface area contributed by atoms with Gasteiger partial charge in [-0.2, -0.15) is 0 Å². The lowest BCUT2D eigenvalue weighted by Gasteiger charge is -2.49. The molecule has 2 N–H and O–H groups in total. The monoisotopic (exact) mass is 420 g/mol. The van der Waals surface area contributed by atoms with Crippen molar-refractivity contribution in [2.24, 2.45) is 0 Å². The van der Waals surface area contributed by atoms with Crippen LogP contribution < -0.4 is 0 Å². The maximum absolute atomic E-state index is 14.9. The molecule has 1 aliphatic rings. The van der Waals surface area contributed by atoms with Crippen LogP contribution in [0.1, 0.15) is 56.1 Å². The smallest absolute Gasteiger partial charge is 0.328 e. The van der Waals surface area contributed by atoms with Crippen molar-refractivity contribution in [1.29, 1.82) is 0 Å². The third-order valence-electron chi connectivity index (χ3n) is 6.04. The van der Waals surface area contributed by atoms with Crippen molar-refractivity contribution in [2.75, 3.05) is 6.54 Å². The lowest BCUT2D eigenvalue weighted by Crippen LogP contribution is -2.54. The Kier molecular flexibility index (Phi) is 5.26. The van der Waals surface area contributed by atoms with Crippen molar-refractivity contribution in [3.05, 3.63) is 77.0 Å². The highest BCUT2D eigenvalue weighted by Gasteiger charge is 2.44. The second-order valence-electron chi connectivity index (χ2n) is 9.64. The molecule has 0 saturated heterocycles. The van der Waals surface area contributed by atoms with E-state index in [9.17, 15) is 9.18 Å². The standard InChI is InChI=1S/C26H29FN2O2/c1-25(2,27)16-29-24(18-12-9-17(10-13-18)11-14-22(30)31)23-20(15-26(29,3)4)19-7-5-6-8-21(19)28-23/h5-14,24,28H,15-16H2,1-4H3,(H,30,31). The Morgan fingerprint density at radius 3 is 2.55 bits per heavy atom. The number of carboxylic acid groups (broad SMARTS) is 1. The minimum atomic E-state index is -1.34. The number of aromatic nitrogens is 1. The van der Waals surface area contributed by atoms with E-state index in [1.165, 1.54) is 10.9 Å². The summed E-state index contributed by atoms with van der Waals surface area (Å²) in [5, 5.41) is 10.1. The molecule has 3 aromatic rings. The van der Waals surface area contributed by atoms with Gasteiger partial charge in [0.15, 0.2) is 0 Å². The number of aliphatic carboxylic acids is 1. The summed E-state index contributed by atoms with van der Waals surface area (Å²) in [4.78, 5) is 16.7. The third kappa shape index (κ3) is 4.28. The van der Waals surface area contributed by atoms with Gasteiger partial charge in [0, 0.05) is 34.8 Å². The summed E-state index contributed by atoms with van der Waals surface area (Å²) in [5.74, 6) is -0.975. The fourth-order valence-corrected chi connectivity index (χ4v) is 4.70. The normalized spacial score (nSPS) is 19.1. The topological polar surface area (TPSA) is 56.3 Å². The van der Waals surface area contributed by atoms with Gasteiger partial charge in [-0.1, -0.05) is 42.5 Å². The first-order chi connectivity index (χ1) is 14.5. The molecule has 4 rings (SSSR count). The van der Waals surface area contributed by atoms with E-state index in [0.29, 0.717) is 6.54 Å². The molecule has 0 fully saturated rings. The molecule has 1 unspecified atom stereocenters. The van der Waals surface area contributed by atoms with Crippen LogP contribution >= 0.6 is 0 Å². The van der Waals surface area contributed by atoms with Gasteiger partial charge in [-0.3, -0.25) is 4.90 Å². The van der Waals surface area contributed by atoms with Gasteiger partial charge in [0.25, 0.3) is 0 Å². The van der Waals surface area contributed by atoms with Gasteiger partial charge in [-0.25, -0.2) is 9.18 Å². The number of rotatable bonds is 5. The zero-order valence-electron chi connectivity index (χ0n) is 18.4. The van der Waals surface area contributed by atoms with Gasteiger partial charge in [0.05, 0.1) is 6.04 Å². The molecular formula is C26H29FN2O2. The van der Waals surface area contributed by atoms with Crippen molar-refractivity contribution < 1.29 is 14.3 Å². The summed E-state index contributed by atoms with van der Waals surface area (Å²) >= 11 is 0. The number of H-pyrrole nitrogens is 1. The highest BCUT2D eigenvalue weighted by molar-refractivity contribution is 5.86. The number of benzene rings is 2. The molecule has 0 bridgehead atoms. The molecule has 0 amide bonds. The van der Waals surface area contributed by atoms with Gasteiger partial charge >= 0.3 is 5.97 Å². The SMILES string of the molecule is CC(C)(F)CN1C(c2ccc(C=CC(=O)O)cc2)c2[nH]c3ccccc3c2CC1(C)C. The summed E-state index contributed by atoms with van der Waals surface area (Å²) in [7, 11) is 0. The number of hydrogen-bond acceptors (Lipinski definition) is 2. The first-order valence-corrected chi connectivity index (χ1v) is 10.6. The van der Waals surface area contributed by atoms with E-state index in [-0.39, 0.29) is 11.6 Å². The molecule has 2 aromatic carbocycles. The molecule has 1 aromatic heterocycles. The number of hydrogen-bond donors (Lipinski definition) is 2. The van der Waals surface area contributed by atoms with Crippen LogP contribution in [0.15, 0.2) is 54.6 Å². The van der Waals surface area contributed by atoms with E-state index >= 15 is 0 Å². The second kappa shape index (κ2) is 7.65. The van der Waals surface area contributed by atoms with Crippen LogP contribution in [0.25, 0.3) is 17.0 Å². The molecular weight excluding hydrogens is 391 g/mol. The van der Waals surface area contributed by atoms with Crippen molar-refractivity contribution in [3.8, 4) is 0 Å². The maximum atomic E-state index is 14.9. The van der Waals surface area contributed by atoms with Crippen molar-refractivity contribution in [2.45, 2.75) is 51.4 Å². The fraction of sp³-hybridized carbons (Fsp3) is 0.346. The first kappa shape index (κ1) is 21.3. The van der Waals surface area contributed by atoms with E-state index in [1.54, 1.807) is 19.9 Å². The molecule has 4 nitrogen and oxygen atoms in total. The number of fused-ring (bicyclic) bond motifs is 3. The van der Waals surface area contributed by atoms with Crippen LogP contribution in [0, 0.1) is 0 Å². The Hall–Kier alpha value is -2.92. The minimum absolute atomic E-state index is 0.126. The molecule has 1 aliphatic heterocycles. The molecule has 1 atom stereocenters. The summed E-state index contributed by atoms with van der Waals surface area (Å²) in [5.41, 5.74) is 3.77. The van der Waals surface area contributed by atoms with E-state index < -0.39 is 11.6 Å². The van der Waals surface area contributed by atoms with Crippen LogP contribution in [0.2, 0.25) is 0 Å². The molecule has 0 saturated carbocycles. The number of para-hydroxylation sites is 1. The van der Waals surface area contributed by atoms with Crippen LogP contribution in [0.4, 0.5) is 4.39 Å². The van der Waals surface area contributed by atoms with Crippen molar-refractivity contribution in [1.82, 2.24) is 9.88 Å². The summed E-state index contributed by atoms with van der Waals surface area (Å²) in [6.45, 7) is 7.92. The number of aromatic amines is 1. The first-order valence-electron chi connectivity index (χ1n) is 10.6. The van der Waals surface area contributed by atoms with Crippen LogP contribution in [-0.2, 0) is 11.2 Å². The van der Waals surface area contributed by atoms with E-state index in [4.69, 9.17) is 5.11 Å². The van der Waals surface area contributed by atoms with Gasteiger partial charge in [0.2, 0.25) is 0 Å². The van der Waals surface area contributed by atoms with Gasteiger partial charge in [-0.05, 0) is 62.9 Å². The molecule has 0 radical (unpaired) electrons. The van der Waals surface area contributed by atoms with Gasteiger partial charge in [0.1, 0.15) is 5.67 Å². The zero-order chi connectivity index (χ0) is 22.4. The molecule has 162 valence electrons. The fourth-order valence-electron chi connectivity index (χ4n) is 4.70. The Morgan fingerprint density at radius 2 is 1.90 bits per heavy atom. The second-order valence-corrected chi connectivity index (χ2v) is 9.64. The lowest BCUT2D eigenvalue weighted by molar-refractivity contribution is -0.131. The lowest BCUT2D eigenvalue weighted by atomic mass is 9.80. The van der Waals surface area contributed by atoms with Crippen LogP contribution in [0.5, 0.6) is 0 Å². The van der Waals surface area contributed by atoms with E-state index in [1.807, 2.05) is 30.3 Å². The molecule has 0 aliphatic carbocycles. The van der Waals surface area contributed by atoms with E-state index in [0.717, 1.165) is 34.8 Å². The van der Waals surface area contributed by atoms with E-state index in [2.05, 4.69) is 41.9 Å². The average Bonchev–Trinajstić information content (AvgIpc) is 3.04. The Labute approximate surface area is 182 Å². The Bertz CT molecular complexity index is 1140. The Morgan fingerprint density at radius 1 is 1.23 bits per heavy atom. The van der Waals surface area contributed by atoms with Gasteiger partial charge in [-0.15, -0.1) is 0 Å². The molecule has 0 spiro atoms. The molecule has 2 heterocycles. The Balaban J connectivity index is 1.86. The average molecular weight is 421 g/mol. The predicted octanol–water partition coefficient (Wildman–Crippen LogP) is 5.74. The number of halogens is 1. The third-order valence-corrected chi connectivity index (χ3v) is 6.04. The summed E-state index contributed by atoms with van der Waals surface area (Å²) in [6, 6.07) is 16.0. The predicted molar refractivity (Wildman–Crippen MR) is 123 cm³/mol. The quantitative estimate of drug-likeness (QED) is 0.518. The zero-order valence-corrected chi connectivity index (χ0v) is 18.4. The summed E-state index contributed by atoms with van der Waals surface area (Å²) < 4.78 is 14.9. The van der Waals surface area contributed by atoms with Crippen molar-refractivity contribution in [3.63, 3.8) is 0 Å². The maximum Gasteiger partial charge on any atom is 0.328 e. The number of carboxylic acids is 1. The van der Waals surface area contributed by atoms with Gasteiger partial charge < -0.3 is 10.1 Å². The molecule has 5 heteroatoms. The highest BCUT2D eigenvalue weighted by atomic mass is 19.1. The number of nitrogens with one attached hydrogen (secondary N) is 1. The van der Waals surface area contributed by atoms with Crippen LogP contribution in [-0.4, -0.2) is 38.7 Å².